The Balaban J connectivity index is 1.91. The van der Waals surface area contributed by atoms with Crippen molar-refractivity contribution in [2.45, 2.75) is 43.6 Å². The van der Waals surface area contributed by atoms with Gasteiger partial charge in [-0.2, -0.15) is 0 Å². The van der Waals surface area contributed by atoms with Gasteiger partial charge in [-0.1, -0.05) is 36.8 Å². The van der Waals surface area contributed by atoms with Gasteiger partial charge in [0.25, 0.3) is 0 Å². The van der Waals surface area contributed by atoms with Crippen LogP contribution < -0.4 is 5.73 Å². The van der Waals surface area contributed by atoms with Crippen LogP contribution in [-0.2, 0) is 5.41 Å². The lowest BCUT2D eigenvalue weighted by molar-refractivity contribution is 0.181. The third-order valence-corrected chi connectivity index (χ3v) is 4.36. The van der Waals surface area contributed by atoms with Crippen LogP contribution in [0.1, 0.15) is 37.7 Å². The fraction of sp³-hybridized carbons (Fsp3) is 0.571. The predicted octanol–water partition coefficient (Wildman–Crippen LogP) is 2.85. The van der Waals surface area contributed by atoms with Gasteiger partial charge in [-0.05, 0) is 37.2 Å². The Morgan fingerprint density at radius 1 is 1.13 bits per heavy atom. The third-order valence-electron chi connectivity index (χ3n) is 4.36. The van der Waals surface area contributed by atoms with Crippen LogP contribution in [0.15, 0.2) is 30.3 Å². The molecule has 0 radical (unpaired) electrons. The van der Waals surface area contributed by atoms with Crippen molar-refractivity contribution in [2.75, 3.05) is 0 Å². The largest absolute Gasteiger partial charge is 0.327 e. The summed E-state index contributed by atoms with van der Waals surface area (Å²) in [5.41, 5.74) is 8.27. The van der Waals surface area contributed by atoms with E-state index in [1.165, 1.54) is 37.7 Å². The quantitative estimate of drug-likeness (QED) is 0.799. The van der Waals surface area contributed by atoms with Crippen molar-refractivity contribution in [3.8, 4) is 0 Å². The molecule has 0 aromatic heterocycles. The zero-order valence-electron chi connectivity index (χ0n) is 9.15. The van der Waals surface area contributed by atoms with E-state index in [9.17, 15) is 0 Å². The lowest BCUT2D eigenvalue weighted by atomic mass is 9.59. The van der Waals surface area contributed by atoms with Crippen molar-refractivity contribution in [3.05, 3.63) is 35.9 Å². The first-order valence-corrected chi connectivity index (χ1v) is 6.14. The highest BCUT2D eigenvalue weighted by molar-refractivity contribution is 5.31. The second-order valence-electron chi connectivity index (χ2n) is 5.24. The third kappa shape index (κ3) is 1.41. The summed E-state index contributed by atoms with van der Waals surface area (Å²) >= 11 is 0. The molecule has 3 rings (SSSR count). The molecule has 0 bridgehead atoms. The molecule has 2 fully saturated rings. The van der Waals surface area contributed by atoms with E-state index in [0.29, 0.717) is 11.5 Å². The van der Waals surface area contributed by atoms with Crippen molar-refractivity contribution >= 4 is 0 Å². The molecule has 2 aliphatic carbocycles. The summed E-state index contributed by atoms with van der Waals surface area (Å²) < 4.78 is 0. The molecule has 1 heteroatoms. The zero-order valence-corrected chi connectivity index (χ0v) is 9.15. The maximum Gasteiger partial charge on any atom is 0.0165 e. The summed E-state index contributed by atoms with van der Waals surface area (Å²) in [5.74, 6) is 0.811. The minimum atomic E-state index is 0.336. The maximum absolute atomic E-state index is 6.45. The van der Waals surface area contributed by atoms with E-state index in [4.69, 9.17) is 5.73 Å². The first-order chi connectivity index (χ1) is 7.33. The molecule has 1 aromatic rings. The Morgan fingerprint density at radius 2 is 1.80 bits per heavy atom. The van der Waals surface area contributed by atoms with E-state index in [1.807, 2.05) is 0 Å². The Hall–Kier alpha value is -0.820. The molecule has 1 atom stereocenters. The van der Waals surface area contributed by atoms with Crippen molar-refractivity contribution in [3.63, 3.8) is 0 Å². The standard InChI is InChI=1S/C14H19N/c15-13(11-7-8-11)14(9-4-10-14)12-5-2-1-3-6-12/h1-3,5-6,11,13H,4,7-10,15H2. The zero-order chi connectivity index (χ0) is 10.3. The molecule has 0 saturated heterocycles. The number of hydrogen-bond acceptors (Lipinski definition) is 1. The highest BCUT2D eigenvalue weighted by atomic mass is 14.8. The van der Waals surface area contributed by atoms with Gasteiger partial charge in [0.15, 0.2) is 0 Å². The second-order valence-corrected chi connectivity index (χ2v) is 5.24. The van der Waals surface area contributed by atoms with Crippen LogP contribution in [0.2, 0.25) is 0 Å². The van der Waals surface area contributed by atoms with Crippen LogP contribution in [-0.4, -0.2) is 6.04 Å². The first kappa shape index (κ1) is 9.41. The number of rotatable bonds is 3. The van der Waals surface area contributed by atoms with Crippen molar-refractivity contribution < 1.29 is 0 Å². The number of benzene rings is 1. The van der Waals surface area contributed by atoms with Gasteiger partial charge in [0.1, 0.15) is 0 Å². The smallest absolute Gasteiger partial charge is 0.0165 e. The van der Waals surface area contributed by atoms with E-state index < -0.39 is 0 Å². The molecule has 15 heavy (non-hydrogen) atoms. The van der Waals surface area contributed by atoms with Gasteiger partial charge in [-0.3, -0.25) is 0 Å². The van der Waals surface area contributed by atoms with Gasteiger partial charge in [0.2, 0.25) is 0 Å². The van der Waals surface area contributed by atoms with Gasteiger partial charge in [-0.25, -0.2) is 0 Å². The summed E-state index contributed by atoms with van der Waals surface area (Å²) in [6.45, 7) is 0. The minimum Gasteiger partial charge on any atom is -0.327 e. The SMILES string of the molecule is NC(C1CC1)C1(c2ccccc2)CCC1. The molecular formula is C14H19N. The average molecular weight is 201 g/mol. The molecule has 0 heterocycles. The summed E-state index contributed by atoms with van der Waals surface area (Å²) in [7, 11) is 0. The van der Waals surface area contributed by atoms with E-state index in [0.717, 1.165) is 5.92 Å². The maximum atomic E-state index is 6.45. The van der Waals surface area contributed by atoms with E-state index >= 15 is 0 Å². The lowest BCUT2D eigenvalue weighted by Gasteiger charge is -2.47. The van der Waals surface area contributed by atoms with Gasteiger partial charge in [0, 0.05) is 11.5 Å². The number of nitrogens with two attached hydrogens (primary N) is 1. The highest BCUT2D eigenvalue weighted by Gasteiger charge is 2.49. The van der Waals surface area contributed by atoms with Crippen LogP contribution in [0.3, 0.4) is 0 Å². The first-order valence-electron chi connectivity index (χ1n) is 6.14. The summed E-state index contributed by atoms with van der Waals surface area (Å²) in [6, 6.07) is 11.3. The van der Waals surface area contributed by atoms with Gasteiger partial charge < -0.3 is 5.73 Å². The fourth-order valence-corrected chi connectivity index (χ4v) is 3.05. The van der Waals surface area contributed by atoms with Crippen molar-refractivity contribution in [1.82, 2.24) is 0 Å². The lowest BCUT2D eigenvalue weighted by Crippen LogP contribution is -2.51. The predicted molar refractivity (Wildman–Crippen MR) is 62.7 cm³/mol. The van der Waals surface area contributed by atoms with Gasteiger partial charge >= 0.3 is 0 Å². The van der Waals surface area contributed by atoms with Crippen LogP contribution in [0, 0.1) is 5.92 Å². The van der Waals surface area contributed by atoms with Gasteiger partial charge in [-0.15, -0.1) is 0 Å². The molecule has 0 aliphatic heterocycles. The Kier molecular flexibility index (Phi) is 2.10. The molecule has 0 spiro atoms. The topological polar surface area (TPSA) is 26.0 Å². The highest BCUT2D eigenvalue weighted by Crippen LogP contribution is 2.51. The molecule has 1 aromatic carbocycles. The van der Waals surface area contributed by atoms with Crippen molar-refractivity contribution in [2.24, 2.45) is 11.7 Å². The number of hydrogen-bond donors (Lipinski definition) is 1. The minimum absolute atomic E-state index is 0.336. The Morgan fingerprint density at radius 3 is 2.27 bits per heavy atom. The van der Waals surface area contributed by atoms with Crippen molar-refractivity contribution in [1.29, 1.82) is 0 Å². The Labute approximate surface area is 91.7 Å². The monoisotopic (exact) mass is 201 g/mol. The molecule has 2 aliphatic rings. The normalized spacial score (nSPS) is 25.7. The molecular weight excluding hydrogens is 182 g/mol. The summed E-state index contributed by atoms with van der Waals surface area (Å²) in [5, 5.41) is 0. The molecule has 2 saturated carbocycles. The molecule has 80 valence electrons. The van der Waals surface area contributed by atoms with E-state index in [1.54, 1.807) is 0 Å². The second kappa shape index (κ2) is 3.34. The summed E-state index contributed by atoms with van der Waals surface area (Å²) in [6.07, 6.45) is 6.67. The van der Waals surface area contributed by atoms with Crippen LogP contribution >= 0.6 is 0 Å². The average Bonchev–Trinajstić information content (AvgIpc) is 3.00. The molecule has 2 N–H and O–H groups in total. The van der Waals surface area contributed by atoms with Crippen LogP contribution in [0.25, 0.3) is 0 Å². The van der Waals surface area contributed by atoms with E-state index in [2.05, 4.69) is 30.3 Å². The van der Waals surface area contributed by atoms with Crippen LogP contribution in [0.5, 0.6) is 0 Å². The molecule has 0 amide bonds. The molecule has 1 unspecified atom stereocenters. The van der Waals surface area contributed by atoms with E-state index in [-0.39, 0.29) is 0 Å². The Bertz CT molecular complexity index is 336. The summed E-state index contributed by atoms with van der Waals surface area (Å²) in [4.78, 5) is 0. The fourth-order valence-electron chi connectivity index (χ4n) is 3.05. The van der Waals surface area contributed by atoms with Gasteiger partial charge in [0.05, 0.1) is 0 Å². The molecule has 1 nitrogen and oxygen atoms in total. The van der Waals surface area contributed by atoms with Crippen LogP contribution in [0.4, 0.5) is 0 Å².